The van der Waals surface area contributed by atoms with E-state index < -0.39 is 6.04 Å². The van der Waals surface area contributed by atoms with Gasteiger partial charge in [0, 0.05) is 12.1 Å². The molecule has 0 amide bonds. The van der Waals surface area contributed by atoms with Gasteiger partial charge in [-0.3, -0.25) is 4.79 Å². The highest BCUT2D eigenvalue weighted by atomic mass is 16.1. The zero-order chi connectivity index (χ0) is 11.5. The fourth-order valence-electron chi connectivity index (χ4n) is 1.63. The fourth-order valence-corrected chi connectivity index (χ4v) is 1.63. The van der Waals surface area contributed by atoms with Gasteiger partial charge in [-0.25, -0.2) is 4.68 Å². The van der Waals surface area contributed by atoms with Crippen LogP contribution < -0.4 is 10.9 Å². The SMILES string of the molecule is CC(C#N)n1ncc(NC2CCC2)cc1=O. The summed E-state index contributed by atoms with van der Waals surface area (Å²) in [6, 6.07) is 3.44. The average molecular weight is 218 g/mol. The third kappa shape index (κ3) is 2.06. The van der Waals surface area contributed by atoms with Gasteiger partial charge in [0.2, 0.25) is 0 Å². The van der Waals surface area contributed by atoms with Gasteiger partial charge >= 0.3 is 0 Å². The molecule has 0 aliphatic heterocycles. The molecular formula is C11H14N4O. The Hall–Kier alpha value is -1.83. The number of aromatic nitrogens is 2. The standard InChI is InChI=1S/C11H14N4O/c1-8(6-12)15-11(16)5-10(7-13-15)14-9-3-2-4-9/h5,7-9,14H,2-4H2,1H3. The molecule has 1 atom stereocenters. The minimum atomic E-state index is -0.523. The largest absolute Gasteiger partial charge is 0.381 e. The molecule has 16 heavy (non-hydrogen) atoms. The van der Waals surface area contributed by atoms with E-state index in [0.29, 0.717) is 6.04 Å². The summed E-state index contributed by atoms with van der Waals surface area (Å²) >= 11 is 0. The van der Waals surface area contributed by atoms with Gasteiger partial charge in [0.15, 0.2) is 0 Å². The normalized spacial score (nSPS) is 17.2. The Bertz CT molecular complexity index is 470. The monoisotopic (exact) mass is 218 g/mol. The Morgan fingerprint density at radius 3 is 2.94 bits per heavy atom. The highest BCUT2D eigenvalue weighted by Gasteiger charge is 2.17. The molecule has 1 aromatic rings. The smallest absolute Gasteiger partial charge is 0.270 e. The summed E-state index contributed by atoms with van der Waals surface area (Å²) in [5.74, 6) is 0. The van der Waals surface area contributed by atoms with E-state index in [2.05, 4.69) is 10.4 Å². The van der Waals surface area contributed by atoms with Crippen LogP contribution in [0.3, 0.4) is 0 Å². The maximum atomic E-state index is 11.6. The van der Waals surface area contributed by atoms with E-state index in [1.807, 2.05) is 6.07 Å². The summed E-state index contributed by atoms with van der Waals surface area (Å²) in [6.45, 7) is 1.65. The molecule has 1 N–H and O–H groups in total. The van der Waals surface area contributed by atoms with Gasteiger partial charge in [-0.05, 0) is 26.2 Å². The second kappa shape index (κ2) is 4.35. The lowest BCUT2D eigenvalue weighted by molar-refractivity contribution is 0.444. The lowest BCUT2D eigenvalue weighted by Gasteiger charge is -2.27. The average Bonchev–Trinajstić information content (AvgIpc) is 2.23. The molecule has 1 aliphatic carbocycles. The van der Waals surface area contributed by atoms with Crippen LogP contribution in [0.15, 0.2) is 17.1 Å². The third-order valence-corrected chi connectivity index (χ3v) is 2.86. The first kappa shape index (κ1) is 10.7. The van der Waals surface area contributed by atoms with Crippen molar-refractivity contribution in [3.63, 3.8) is 0 Å². The van der Waals surface area contributed by atoms with Gasteiger partial charge in [0.1, 0.15) is 6.04 Å². The van der Waals surface area contributed by atoms with Crippen LogP contribution in [-0.4, -0.2) is 15.8 Å². The quantitative estimate of drug-likeness (QED) is 0.829. The third-order valence-electron chi connectivity index (χ3n) is 2.86. The van der Waals surface area contributed by atoms with Crippen molar-refractivity contribution in [1.29, 1.82) is 5.26 Å². The molecule has 1 aromatic heterocycles. The highest BCUT2D eigenvalue weighted by molar-refractivity contribution is 5.40. The molecule has 5 heteroatoms. The summed E-state index contributed by atoms with van der Waals surface area (Å²) in [4.78, 5) is 11.6. The summed E-state index contributed by atoms with van der Waals surface area (Å²) in [7, 11) is 0. The molecule has 0 spiro atoms. The van der Waals surface area contributed by atoms with Gasteiger partial charge in [-0.2, -0.15) is 10.4 Å². The van der Waals surface area contributed by atoms with Crippen LogP contribution in [0.25, 0.3) is 0 Å². The zero-order valence-electron chi connectivity index (χ0n) is 9.18. The zero-order valence-corrected chi connectivity index (χ0v) is 9.18. The first-order valence-electron chi connectivity index (χ1n) is 5.45. The Morgan fingerprint density at radius 2 is 2.44 bits per heavy atom. The number of anilines is 1. The van der Waals surface area contributed by atoms with Gasteiger partial charge < -0.3 is 5.32 Å². The van der Waals surface area contributed by atoms with Crippen molar-refractivity contribution in [2.24, 2.45) is 0 Å². The van der Waals surface area contributed by atoms with Crippen LogP contribution in [0.2, 0.25) is 0 Å². The molecule has 84 valence electrons. The van der Waals surface area contributed by atoms with Crippen LogP contribution in [0, 0.1) is 11.3 Å². The van der Waals surface area contributed by atoms with E-state index in [9.17, 15) is 4.79 Å². The maximum Gasteiger partial charge on any atom is 0.270 e. The minimum Gasteiger partial charge on any atom is -0.381 e. The molecule has 5 nitrogen and oxygen atoms in total. The van der Waals surface area contributed by atoms with E-state index in [1.54, 1.807) is 13.1 Å². The molecule has 1 heterocycles. The van der Waals surface area contributed by atoms with Crippen molar-refractivity contribution >= 4 is 5.69 Å². The number of hydrogen-bond acceptors (Lipinski definition) is 4. The maximum absolute atomic E-state index is 11.6. The number of nitrogens with zero attached hydrogens (tertiary/aromatic N) is 3. The summed E-state index contributed by atoms with van der Waals surface area (Å²) in [5, 5.41) is 15.9. The summed E-state index contributed by atoms with van der Waals surface area (Å²) in [5.41, 5.74) is 0.509. The molecule has 1 saturated carbocycles. The molecule has 1 aliphatic rings. The van der Waals surface area contributed by atoms with Crippen LogP contribution in [0.1, 0.15) is 32.2 Å². The van der Waals surface area contributed by atoms with Crippen molar-refractivity contribution in [3.8, 4) is 6.07 Å². The van der Waals surface area contributed by atoms with Crippen LogP contribution in [-0.2, 0) is 0 Å². The van der Waals surface area contributed by atoms with Crippen molar-refractivity contribution < 1.29 is 0 Å². The second-order valence-corrected chi connectivity index (χ2v) is 4.10. The van der Waals surface area contributed by atoms with Crippen molar-refractivity contribution in [1.82, 2.24) is 9.78 Å². The van der Waals surface area contributed by atoms with Gasteiger partial charge in [-0.1, -0.05) is 0 Å². The molecule has 0 radical (unpaired) electrons. The van der Waals surface area contributed by atoms with Crippen LogP contribution in [0.5, 0.6) is 0 Å². The number of nitrogens with one attached hydrogen (secondary N) is 1. The van der Waals surface area contributed by atoms with E-state index in [-0.39, 0.29) is 5.56 Å². The topological polar surface area (TPSA) is 70.7 Å². The highest BCUT2D eigenvalue weighted by Crippen LogP contribution is 2.22. The van der Waals surface area contributed by atoms with E-state index in [0.717, 1.165) is 18.5 Å². The first-order chi connectivity index (χ1) is 7.70. The first-order valence-corrected chi connectivity index (χ1v) is 5.45. The number of rotatable bonds is 3. The van der Waals surface area contributed by atoms with Crippen molar-refractivity contribution in [3.05, 3.63) is 22.6 Å². The van der Waals surface area contributed by atoms with Gasteiger partial charge in [0.05, 0.1) is 18.0 Å². The Kier molecular flexibility index (Phi) is 2.91. The number of nitriles is 1. The predicted molar refractivity (Wildman–Crippen MR) is 60.1 cm³/mol. The molecule has 1 fully saturated rings. The van der Waals surface area contributed by atoms with Gasteiger partial charge in [0.25, 0.3) is 5.56 Å². The van der Waals surface area contributed by atoms with E-state index in [4.69, 9.17) is 5.26 Å². The fraction of sp³-hybridized carbons (Fsp3) is 0.545. The second-order valence-electron chi connectivity index (χ2n) is 4.10. The minimum absolute atomic E-state index is 0.238. The van der Waals surface area contributed by atoms with E-state index in [1.165, 1.54) is 17.2 Å². The molecule has 0 saturated heterocycles. The Balaban J connectivity index is 2.16. The van der Waals surface area contributed by atoms with Crippen LogP contribution >= 0.6 is 0 Å². The van der Waals surface area contributed by atoms with Crippen LogP contribution in [0.4, 0.5) is 5.69 Å². The predicted octanol–water partition coefficient (Wildman–Crippen LogP) is 1.29. The Labute approximate surface area is 93.7 Å². The summed E-state index contributed by atoms with van der Waals surface area (Å²) < 4.78 is 1.19. The van der Waals surface area contributed by atoms with Crippen molar-refractivity contribution in [2.45, 2.75) is 38.3 Å². The lowest BCUT2D eigenvalue weighted by atomic mass is 9.93. The molecule has 0 aromatic carbocycles. The van der Waals surface area contributed by atoms with Gasteiger partial charge in [-0.15, -0.1) is 0 Å². The van der Waals surface area contributed by atoms with E-state index >= 15 is 0 Å². The molecule has 2 rings (SSSR count). The van der Waals surface area contributed by atoms with Crippen molar-refractivity contribution in [2.75, 3.05) is 5.32 Å². The molecule has 1 unspecified atom stereocenters. The summed E-state index contributed by atoms with van der Waals surface area (Å²) in [6.07, 6.45) is 5.15. The Morgan fingerprint density at radius 1 is 1.69 bits per heavy atom. The lowest BCUT2D eigenvalue weighted by Crippen LogP contribution is -2.29. The number of hydrogen-bond donors (Lipinski definition) is 1. The molecule has 0 bridgehead atoms. The molecular weight excluding hydrogens is 204 g/mol.